The van der Waals surface area contributed by atoms with Gasteiger partial charge in [-0.15, -0.1) is 0 Å². The zero-order valence-corrected chi connectivity index (χ0v) is 35.0. The Labute approximate surface area is 316 Å². The van der Waals surface area contributed by atoms with Crippen LogP contribution in [0.5, 0.6) is 0 Å². The van der Waals surface area contributed by atoms with Gasteiger partial charge in [-0.3, -0.25) is 0 Å². The molecular formula is C48H92N2. The van der Waals surface area contributed by atoms with Crippen molar-refractivity contribution < 1.29 is 0 Å². The van der Waals surface area contributed by atoms with Crippen molar-refractivity contribution in [2.45, 2.75) is 284 Å². The quantitative estimate of drug-likeness (QED) is 0.0637. The van der Waals surface area contributed by atoms with Crippen molar-refractivity contribution in [3.05, 3.63) is 23.3 Å². The van der Waals surface area contributed by atoms with Crippen molar-refractivity contribution in [2.24, 2.45) is 0 Å². The molecule has 0 saturated heterocycles. The average Bonchev–Trinajstić information content (AvgIpc) is 3.13. The van der Waals surface area contributed by atoms with Crippen molar-refractivity contribution in [3.63, 3.8) is 0 Å². The lowest BCUT2D eigenvalue weighted by Gasteiger charge is -2.09. The molecule has 0 aromatic carbocycles. The molecule has 0 saturated carbocycles. The maximum atomic E-state index is 5.00. The van der Waals surface area contributed by atoms with Crippen LogP contribution in [-0.2, 0) is 19.3 Å². The number of aryl methyl sites for hydroxylation is 3. The smallest absolute Gasteiger partial charge is 0.128 e. The molecule has 50 heavy (non-hydrogen) atoms. The first kappa shape index (κ1) is 47.1. The summed E-state index contributed by atoms with van der Waals surface area (Å²) < 4.78 is 0. The van der Waals surface area contributed by atoms with Gasteiger partial charge in [0.15, 0.2) is 0 Å². The lowest BCUT2D eigenvalue weighted by Crippen LogP contribution is -2.04. The number of hydrogen-bond donors (Lipinski definition) is 0. The third kappa shape index (κ3) is 33.0. The summed E-state index contributed by atoms with van der Waals surface area (Å²) >= 11 is 0. The fourth-order valence-corrected chi connectivity index (χ4v) is 7.73. The summed E-state index contributed by atoms with van der Waals surface area (Å²) in [6.07, 6.45) is 57.5. The first-order valence-corrected chi connectivity index (χ1v) is 23.7. The molecule has 0 aliphatic rings. The van der Waals surface area contributed by atoms with Gasteiger partial charge in [0.1, 0.15) is 5.82 Å². The van der Waals surface area contributed by atoms with Gasteiger partial charge < -0.3 is 0 Å². The van der Waals surface area contributed by atoms with Crippen LogP contribution in [0.25, 0.3) is 0 Å². The Balaban J connectivity index is 2.02. The van der Waals surface area contributed by atoms with Crippen LogP contribution in [-0.4, -0.2) is 9.97 Å². The summed E-state index contributed by atoms with van der Waals surface area (Å²) in [5, 5.41) is 0. The first-order valence-electron chi connectivity index (χ1n) is 23.7. The molecule has 0 atom stereocenters. The highest BCUT2D eigenvalue weighted by Gasteiger charge is 2.06. The lowest BCUT2D eigenvalue weighted by atomic mass is 10.0. The number of hydrogen-bond acceptors (Lipinski definition) is 2. The molecule has 0 radical (unpaired) electrons. The Bertz CT molecular complexity index is 730. The van der Waals surface area contributed by atoms with Gasteiger partial charge >= 0.3 is 0 Å². The Hall–Kier alpha value is -0.920. The van der Waals surface area contributed by atoms with Crippen LogP contribution < -0.4 is 0 Å². The van der Waals surface area contributed by atoms with E-state index in [-0.39, 0.29) is 0 Å². The SMILES string of the molecule is CCCCCCCCCCCCCCCCCCCCc1cc(CCCCCCCCCCCCCCCCCCCC)nc(CCCC)n1. The van der Waals surface area contributed by atoms with Gasteiger partial charge in [-0.2, -0.15) is 0 Å². The molecule has 0 aliphatic carbocycles. The molecule has 1 aromatic heterocycles. The second kappa shape index (κ2) is 39.3. The maximum absolute atomic E-state index is 5.00. The number of rotatable bonds is 41. The van der Waals surface area contributed by atoms with Gasteiger partial charge in [0.2, 0.25) is 0 Å². The minimum atomic E-state index is 1.05. The van der Waals surface area contributed by atoms with Gasteiger partial charge in [-0.25, -0.2) is 9.97 Å². The zero-order chi connectivity index (χ0) is 35.8. The van der Waals surface area contributed by atoms with Crippen molar-refractivity contribution in [1.29, 1.82) is 0 Å². The van der Waals surface area contributed by atoms with Gasteiger partial charge in [-0.1, -0.05) is 245 Å². The van der Waals surface area contributed by atoms with Crippen molar-refractivity contribution in [1.82, 2.24) is 9.97 Å². The van der Waals surface area contributed by atoms with E-state index in [2.05, 4.69) is 26.8 Å². The first-order chi connectivity index (χ1) is 24.8. The van der Waals surface area contributed by atoms with Crippen LogP contribution in [0, 0.1) is 0 Å². The molecule has 1 heterocycles. The van der Waals surface area contributed by atoms with Gasteiger partial charge in [0.25, 0.3) is 0 Å². The molecular weight excluding hydrogens is 605 g/mol. The minimum absolute atomic E-state index is 1.05. The standard InChI is InChI=1S/C48H92N2/c1-4-7-10-12-14-16-18-20-22-24-26-28-30-32-34-36-38-40-42-46-45-47(50-48(49-46)44-9-6-3)43-41-39-37-35-33-31-29-27-25-23-21-19-17-15-13-11-8-5-2/h45H,4-44H2,1-3H3. The van der Waals surface area contributed by atoms with E-state index in [1.807, 2.05) is 0 Å². The summed E-state index contributed by atoms with van der Waals surface area (Å²) in [4.78, 5) is 10.0. The van der Waals surface area contributed by atoms with E-state index in [1.54, 1.807) is 0 Å². The average molecular weight is 697 g/mol. The predicted octanol–water partition coefficient (Wildman–Crippen LogP) is 17.0. The normalized spacial score (nSPS) is 11.6. The van der Waals surface area contributed by atoms with Crippen LogP contribution >= 0.6 is 0 Å². The molecule has 1 rings (SSSR count). The fraction of sp³-hybridized carbons (Fsp3) is 0.917. The highest BCUT2D eigenvalue weighted by atomic mass is 14.9. The van der Waals surface area contributed by atoms with E-state index in [0.29, 0.717) is 0 Å². The monoisotopic (exact) mass is 697 g/mol. The van der Waals surface area contributed by atoms with Crippen LogP contribution in [0.1, 0.15) is 282 Å². The van der Waals surface area contributed by atoms with E-state index in [4.69, 9.17) is 9.97 Å². The Morgan fingerprint density at radius 3 is 0.720 bits per heavy atom. The maximum Gasteiger partial charge on any atom is 0.128 e. The zero-order valence-electron chi connectivity index (χ0n) is 35.0. The highest BCUT2D eigenvalue weighted by molar-refractivity contribution is 5.12. The molecule has 2 heteroatoms. The van der Waals surface area contributed by atoms with Crippen LogP contribution in [0.3, 0.4) is 0 Å². The fourth-order valence-electron chi connectivity index (χ4n) is 7.73. The number of unbranched alkanes of at least 4 members (excludes halogenated alkanes) is 35. The molecule has 0 amide bonds. The Morgan fingerprint density at radius 1 is 0.260 bits per heavy atom. The topological polar surface area (TPSA) is 25.8 Å². The molecule has 0 bridgehead atoms. The van der Waals surface area contributed by atoms with Gasteiger partial charge in [-0.05, 0) is 38.2 Å². The van der Waals surface area contributed by atoms with Crippen LogP contribution in [0.2, 0.25) is 0 Å². The number of nitrogens with zero attached hydrogens (tertiary/aromatic N) is 2. The molecule has 294 valence electrons. The third-order valence-electron chi connectivity index (χ3n) is 11.2. The molecule has 0 N–H and O–H groups in total. The summed E-state index contributed by atoms with van der Waals surface area (Å²) in [6, 6.07) is 2.36. The van der Waals surface area contributed by atoms with E-state index in [1.165, 1.54) is 255 Å². The molecule has 0 unspecified atom stereocenters. The largest absolute Gasteiger partial charge is 0.238 e. The van der Waals surface area contributed by atoms with Crippen LogP contribution in [0.4, 0.5) is 0 Å². The molecule has 2 nitrogen and oxygen atoms in total. The Kier molecular flexibility index (Phi) is 37.0. The van der Waals surface area contributed by atoms with E-state index >= 15 is 0 Å². The second-order valence-corrected chi connectivity index (χ2v) is 16.4. The number of aromatic nitrogens is 2. The van der Waals surface area contributed by atoms with Crippen molar-refractivity contribution >= 4 is 0 Å². The van der Waals surface area contributed by atoms with E-state index < -0.39 is 0 Å². The lowest BCUT2D eigenvalue weighted by molar-refractivity contribution is 0.524. The van der Waals surface area contributed by atoms with E-state index in [0.717, 1.165) is 25.1 Å². The predicted molar refractivity (Wildman–Crippen MR) is 226 cm³/mol. The van der Waals surface area contributed by atoms with Gasteiger partial charge in [0, 0.05) is 17.8 Å². The van der Waals surface area contributed by atoms with Crippen molar-refractivity contribution in [2.75, 3.05) is 0 Å². The van der Waals surface area contributed by atoms with Gasteiger partial charge in [0.05, 0.1) is 0 Å². The summed E-state index contributed by atoms with van der Waals surface area (Å²) in [6.45, 7) is 6.90. The van der Waals surface area contributed by atoms with Crippen molar-refractivity contribution in [3.8, 4) is 0 Å². The molecule has 1 aromatic rings. The summed E-state index contributed by atoms with van der Waals surface area (Å²) in [5.41, 5.74) is 2.64. The summed E-state index contributed by atoms with van der Waals surface area (Å²) in [5.74, 6) is 1.11. The summed E-state index contributed by atoms with van der Waals surface area (Å²) in [7, 11) is 0. The van der Waals surface area contributed by atoms with E-state index in [9.17, 15) is 0 Å². The van der Waals surface area contributed by atoms with Crippen LogP contribution in [0.15, 0.2) is 6.07 Å². The Morgan fingerprint density at radius 2 is 0.480 bits per heavy atom. The second-order valence-electron chi connectivity index (χ2n) is 16.4. The molecule has 0 fully saturated rings. The molecule has 0 spiro atoms. The molecule has 0 aliphatic heterocycles. The third-order valence-corrected chi connectivity index (χ3v) is 11.2. The minimum Gasteiger partial charge on any atom is -0.238 e. The highest BCUT2D eigenvalue weighted by Crippen LogP contribution is 2.18.